The number of fused-ring (bicyclic) bond motifs is 2. The predicted octanol–water partition coefficient (Wildman–Crippen LogP) is 5.06. The lowest BCUT2D eigenvalue weighted by atomic mass is 10.1. The molecule has 168 valence electrons. The van der Waals surface area contributed by atoms with E-state index < -0.39 is 5.82 Å². The Hall–Kier alpha value is -4.38. The number of carbonyl (C=O) groups excluding carboxylic acids is 1. The number of thiophene rings is 1. The summed E-state index contributed by atoms with van der Waals surface area (Å²) < 4.78 is 15.6. The molecular formula is C23H17FN8OS. The number of hydrogen-bond donors (Lipinski definition) is 2. The quantitative estimate of drug-likeness (QED) is 0.203. The first-order valence-corrected chi connectivity index (χ1v) is 10.9. The van der Waals surface area contributed by atoms with Crippen LogP contribution in [0.1, 0.15) is 29.1 Å². The zero-order chi connectivity index (χ0) is 23.8. The molecule has 0 saturated carbocycles. The summed E-state index contributed by atoms with van der Waals surface area (Å²) in [5.74, 6) is -0.123. The van der Waals surface area contributed by atoms with Crippen LogP contribution in [0.5, 0.6) is 0 Å². The Kier molecular flexibility index (Phi) is 5.38. The van der Waals surface area contributed by atoms with Crippen molar-refractivity contribution >= 4 is 57.9 Å². The van der Waals surface area contributed by atoms with Gasteiger partial charge in [0.1, 0.15) is 17.8 Å². The maximum atomic E-state index is 15.6. The summed E-state index contributed by atoms with van der Waals surface area (Å²) in [6, 6.07) is 5.53. The average Bonchev–Trinajstić information content (AvgIpc) is 3.56. The van der Waals surface area contributed by atoms with Gasteiger partial charge < -0.3 is 4.98 Å². The number of nitrogens with one attached hydrogen (secondary N) is 2. The van der Waals surface area contributed by atoms with E-state index in [1.807, 2.05) is 12.1 Å². The molecule has 5 heterocycles. The molecule has 0 saturated heterocycles. The van der Waals surface area contributed by atoms with E-state index in [0.29, 0.717) is 33.1 Å². The average molecular weight is 473 g/mol. The van der Waals surface area contributed by atoms with Crippen LogP contribution in [0.15, 0.2) is 46.8 Å². The minimum absolute atomic E-state index is 0.00495. The lowest BCUT2D eigenvalue weighted by Crippen LogP contribution is -1.92. The van der Waals surface area contributed by atoms with Crippen molar-refractivity contribution in [2.45, 2.75) is 13.8 Å². The van der Waals surface area contributed by atoms with E-state index in [2.05, 4.69) is 46.8 Å². The number of imidazole rings is 1. The van der Waals surface area contributed by atoms with Gasteiger partial charge in [0.15, 0.2) is 22.9 Å². The van der Waals surface area contributed by atoms with Crippen molar-refractivity contribution in [1.82, 2.24) is 30.1 Å². The molecule has 9 nitrogen and oxygen atoms in total. The largest absolute Gasteiger partial charge is 0.335 e. The predicted molar refractivity (Wildman–Crippen MR) is 132 cm³/mol. The molecule has 0 atom stereocenters. The number of aliphatic imine (C=N–C) groups is 2. The standard InChI is InChI=1S/C23H17FN8OS/c1-11(8-26-10-25-3)14-9-28-21-17(18(14)24)20(31-32-21)23-29-19-13(6-7-27-22(19)30-23)16-5-4-15(34-16)12(2)33/h4-10H,3H2,1-2H3,(H,27,29,30)(H,28,31,32)/b11-8+,26-10?. The third-order valence-electron chi connectivity index (χ3n) is 5.21. The number of H-pyrrole nitrogens is 2. The number of allylic oxidation sites excluding steroid dienone is 1. The SMILES string of the molecule is C=NC=N/C=C(\C)c1cnc2n[nH]c(-c3nc4nccc(-c5ccc(C(C)=O)s5)c4[nH]3)c2c1F. The van der Waals surface area contributed by atoms with E-state index in [4.69, 9.17) is 0 Å². The fourth-order valence-corrected chi connectivity index (χ4v) is 4.50. The molecule has 0 bridgehead atoms. The molecular weight excluding hydrogens is 455 g/mol. The zero-order valence-electron chi connectivity index (χ0n) is 18.1. The van der Waals surface area contributed by atoms with Gasteiger partial charge in [0.25, 0.3) is 0 Å². The van der Waals surface area contributed by atoms with Crippen LogP contribution in [0.25, 0.3) is 49.7 Å². The van der Waals surface area contributed by atoms with Gasteiger partial charge in [-0.15, -0.1) is 11.3 Å². The van der Waals surface area contributed by atoms with Crippen molar-refractivity contribution in [2.75, 3.05) is 0 Å². The van der Waals surface area contributed by atoms with E-state index in [9.17, 15) is 4.79 Å². The molecule has 0 unspecified atom stereocenters. The van der Waals surface area contributed by atoms with Gasteiger partial charge in [0, 0.05) is 34.6 Å². The van der Waals surface area contributed by atoms with Crippen LogP contribution < -0.4 is 0 Å². The van der Waals surface area contributed by atoms with Gasteiger partial charge in [-0.1, -0.05) is 0 Å². The van der Waals surface area contributed by atoms with Gasteiger partial charge in [-0.25, -0.2) is 24.3 Å². The van der Waals surface area contributed by atoms with E-state index in [1.54, 1.807) is 19.2 Å². The highest BCUT2D eigenvalue weighted by atomic mass is 32.1. The highest BCUT2D eigenvalue weighted by Crippen LogP contribution is 2.35. The van der Waals surface area contributed by atoms with Crippen LogP contribution in [0, 0.1) is 5.82 Å². The Balaban J connectivity index is 1.64. The van der Waals surface area contributed by atoms with Gasteiger partial charge in [0.2, 0.25) is 0 Å². The maximum absolute atomic E-state index is 15.6. The molecule has 0 aromatic carbocycles. The Morgan fingerprint density at radius 2 is 2.06 bits per heavy atom. The van der Waals surface area contributed by atoms with Gasteiger partial charge in [-0.3, -0.25) is 14.9 Å². The fraction of sp³-hybridized carbons (Fsp3) is 0.0870. The van der Waals surface area contributed by atoms with Crippen LogP contribution in [0.3, 0.4) is 0 Å². The number of halogens is 1. The highest BCUT2D eigenvalue weighted by molar-refractivity contribution is 7.17. The summed E-state index contributed by atoms with van der Waals surface area (Å²) in [4.78, 5) is 37.2. The summed E-state index contributed by atoms with van der Waals surface area (Å²) in [5, 5.41) is 7.18. The molecule has 5 aromatic heterocycles. The van der Waals surface area contributed by atoms with E-state index in [-0.39, 0.29) is 22.4 Å². The normalized spacial score (nSPS) is 12.3. The number of carbonyl (C=O) groups is 1. The van der Waals surface area contributed by atoms with E-state index in [1.165, 1.54) is 37.0 Å². The molecule has 0 amide bonds. The minimum atomic E-state index is -0.498. The van der Waals surface area contributed by atoms with Crippen LogP contribution >= 0.6 is 11.3 Å². The highest BCUT2D eigenvalue weighted by Gasteiger charge is 2.21. The molecule has 0 aliphatic heterocycles. The van der Waals surface area contributed by atoms with Crippen molar-refractivity contribution in [1.29, 1.82) is 0 Å². The topological polar surface area (TPSA) is 125 Å². The fourth-order valence-electron chi connectivity index (χ4n) is 3.57. The maximum Gasteiger partial charge on any atom is 0.184 e. The van der Waals surface area contributed by atoms with Gasteiger partial charge in [-0.2, -0.15) is 5.10 Å². The van der Waals surface area contributed by atoms with E-state index in [0.717, 1.165) is 10.4 Å². The first kappa shape index (κ1) is 21.5. The molecule has 34 heavy (non-hydrogen) atoms. The van der Waals surface area contributed by atoms with Crippen molar-refractivity contribution in [3.05, 3.63) is 53.1 Å². The summed E-state index contributed by atoms with van der Waals surface area (Å²) >= 11 is 1.39. The van der Waals surface area contributed by atoms with Crippen LogP contribution in [0.4, 0.5) is 4.39 Å². The van der Waals surface area contributed by atoms with Gasteiger partial charge in [-0.05, 0) is 44.3 Å². The molecule has 11 heteroatoms. The lowest BCUT2D eigenvalue weighted by molar-refractivity contribution is 0.102. The number of aromatic nitrogens is 6. The first-order valence-electron chi connectivity index (χ1n) is 10.1. The minimum Gasteiger partial charge on any atom is -0.335 e. The third-order valence-corrected chi connectivity index (χ3v) is 6.43. The van der Waals surface area contributed by atoms with Gasteiger partial charge in [0.05, 0.1) is 15.8 Å². The summed E-state index contributed by atoms with van der Waals surface area (Å²) in [6.07, 6.45) is 5.80. The Morgan fingerprint density at radius 1 is 1.21 bits per heavy atom. The van der Waals surface area contributed by atoms with Crippen molar-refractivity contribution in [3.63, 3.8) is 0 Å². The Bertz CT molecular complexity index is 1640. The lowest BCUT2D eigenvalue weighted by Gasteiger charge is -2.03. The summed E-state index contributed by atoms with van der Waals surface area (Å²) in [7, 11) is 0. The Labute approximate surface area is 196 Å². The van der Waals surface area contributed by atoms with Crippen LogP contribution in [0.2, 0.25) is 0 Å². The molecule has 0 aliphatic rings. The number of hydrogen-bond acceptors (Lipinski definition) is 7. The second-order valence-corrected chi connectivity index (χ2v) is 8.49. The smallest absolute Gasteiger partial charge is 0.184 e. The van der Waals surface area contributed by atoms with Crippen LogP contribution in [-0.4, -0.2) is 49.0 Å². The molecule has 2 N–H and O–H groups in total. The monoisotopic (exact) mass is 472 g/mol. The molecule has 0 aliphatic carbocycles. The Morgan fingerprint density at radius 3 is 2.82 bits per heavy atom. The molecule has 0 spiro atoms. The number of ketones is 1. The van der Waals surface area contributed by atoms with Crippen molar-refractivity contribution in [2.24, 2.45) is 9.98 Å². The van der Waals surface area contributed by atoms with Crippen molar-refractivity contribution in [3.8, 4) is 22.0 Å². The summed E-state index contributed by atoms with van der Waals surface area (Å²) in [5.41, 5.74) is 3.39. The molecule has 0 radical (unpaired) electrons. The number of pyridine rings is 2. The summed E-state index contributed by atoms with van der Waals surface area (Å²) in [6.45, 7) is 6.58. The number of Topliss-reactive ketones (excluding diaryl/α,β-unsaturated/α-hetero) is 1. The number of aromatic amines is 2. The van der Waals surface area contributed by atoms with E-state index >= 15 is 4.39 Å². The van der Waals surface area contributed by atoms with Crippen LogP contribution in [-0.2, 0) is 0 Å². The molecule has 0 fully saturated rings. The zero-order valence-corrected chi connectivity index (χ0v) is 18.9. The second kappa shape index (κ2) is 8.52. The second-order valence-electron chi connectivity index (χ2n) is 7.40. The number of rotatable bonds is 6. The first-order chi connectivity index (χ1) is 16.5. The van der Waals surface area contributed by atoms with Gasteiger partial charge >= 0.3 is 0 Å². The third kappa shape index (κ3) is 3.61. The molecule has 5 aromatic rings. The number of nitrogens with zero attached hydrogens (tertiary/aromatic N) is 6. The van der Waals surface area contributed by atoms with Crippen molar-refractivity contribution < 1.29 is 9.18 Å². The molecule has 5 rings (SSSR count).